The lowest BCUT2D eigenvalue weighted by Crippen LogP contribution is -2.26. The van der Waals surface area contributed by atoms with Crippen LogP contribution < -0.4 is 9.64 Å². The van der Waals surface area contributed by atoms with E-state index in [0.717, 1.165) is 30.1 Å². The first-order valence-corrected chi connectivity index (χ1v) is 7.71. The Morgan fingerprint density at radius 2 is 2.00 bits per heavy atom. The maximum Gasteiger partial charge on any atom is 0.129 e. The molecule has 0 saturated carbocycles. The molecule has 0 spiro atoms. The van der Waals surface area contributed by atoms with Crippen LogP contribution in [0.3, 0.4) is 0 Å². The molecule has 0 atom stereocenters. The maximum absolute atomic E-state index is 13.9. The highest BCUT2D eigenvalue weighted by atomic mass is 79.9. The van der Waals surface area contributed by atoms with Crippen molar-refractivity contribution in [3.63, 3.8) is 0 Å². The Morgan fingerprint density at radius 1 is 1.15 bits per heavy atom. The summed E-state index contributed by atoms with van der Waals surface area (Å²) in [6.07, 6.45) is 0. The summed E-state index contributed by atoms with van der Waals surface area (Å²) in [5, 5.41) is 0.508. The van der Waals surface area contributed by atoms with E-state index in [0.29, 0.717) is 17.5 Å². The summed E-state index contributed by atoms with van der Waals surface area (Å²) < 4.78 is 19.7. The first kappa shape index (κ1) is 13.4. The highest BCUT2D eigenvalue weighted by Gasteiger charge is 2.18. The van der Waals surface area contributed by atoms with Gasteiger partial charge in [-0.2, -0.15) is 0 Å². The summed E-state index contributed by atoms with van der Waals surface area (Å²) in [5.74, 6) is 0.754. The highest BCUT2D eigenvalue weighted by molar-refractivity contribution is 9.08. The average molecular weight is 336 g/mol. The molecule has 0 N–H and O–H groups in total. The van der Waals surface area contributed by atoms with Gasteiger partial charge in [-0.25, -0.2) is 4.39 Å². The molecule has 4 heteroatoms. The molecule has 104 valence electrons. The van der Waals surface area contributed by atoms with Crippen molar-refractivity contribution in [1.82, 2.24) is 0 Å². The van der Waals surface area contributed by atoms with Crippen molar-refractivity contribution in [2.24, 2.45) is 0 Å². The summed E-state index contributed by atoms with van der Waals surface area (Å²) in [6.45, 7) is 2.09. The molecule has 0 aromatic heterocycles. The second-order valence-electron chi connectivity index (χ2n) is 4.75. The van der Waals surface area contributed by atoms with E-state index in [9.17, 15) is 4.39 Å². The number of hydrogen-bond acceptors (Lipinski definition) is 2. The minimum absolute atomic E-state index is 0.169. The van der Waals surface area contributed by atoms with Crippen molar-refractivity contribution in [2.75, 3.05) is 18.1 Å². The van der Waals surface area contributed by atoms with Crippen LogP contribution in [0.4, 0.5) is 10.1 Å². The van der Waals surface area contributed by atoms with Gasteiger partial charge in [-0.15, -0.1) is 0 Å². The van der Waals surface area contributed by atoms with Gasteiger partial charge in [0.05, 0.1) is 6.54 Å². The predicted octanol–water partition coefficient (Wildman–Crippen LogP) is 4.12. The van der Waals surface area contributed by atoms with Crippen LogP contribution >= 0.6 is 15.9 Å². The Bertz CT molecular complexity index is 617. The van der Waals surface area contributed by atoms with Gasteiger partial charge < -0.3 is 9.64 Å². The number of anilines is 1. The summed E-state index contributed by atoms with van der Waals surface area (Å²) >= 11 is 3.38. The second-order valence-corrected chi connectivity index (χ2v) is 5.31. The highest BCUT2D eigenvalue weighted by Crippen LogP contribution is 2.30. The third kappa shape index (κ3) is 2.52. The van der Waals surface area contributed by atoms with Crippen LogP contribution in [-0.2, 0) is 11.9 Å². The number of hydrogen-bond donors (Lipinski definition) is 0. The summed E-state index contributed by atoms with van der Waals surface area (Å²) in [7, 11) is 0. The third-order valence-corrected chi connectivity index (χ3v) is 4.08. The van der Waals surface area contributed by atoms with Gasteiger partial charge in [-0.05, 0) is 18.2 Å². The van der Waals surface area contributed by atoms with Gasteiger partial charge in [0.2, 0.25) is 0 Å². The average Bonchev–Trinajstić information content (AvgIpc) is 2.69. The van der Waals surface area contributed by atoms with Crippen LogP contribution in [0.15, 0.2) is 42.5 Å². The van der Waals surface area contributed by atoms with E-state index in [1.54, 1.807) is 6.07 Å². The minimum Gasteiger partial charge on any atom is -0.491 e. The number of rotatable bonds is 2. The molecule has 0 fully saturated rings. The standard InChI is InChI=1S/C16H15BrFNO/c17-10-13-14(18)5-3-6-15(13)19-8-9-20-16-7-2-1-4-12(16)11-19/h1-7H,8-11H2. The second kappa shape index (κ2) is 5.83. The van der Waals surface area contributed by atoms with Crippen molar-refractivity contribution in [3.8, 4) is 5.75 Å². The molecule has 2 aromatic carbocycles. The summed E-state index contributed by atoms with van der Waals surface area (Å²) in [6, 6.07) is 13.2. The number of halogens is 2. The van der Waals surface area contributed by atoms with Gasteiger partial charge in [0.1, 0.15) is 18.2 Å². The Labute approximate surface area is 126 Å². The van der Waals surface area contributed by atoms with E-state index in [2.05, 4.69) is 26.9 Å². The van der Waals surface area contributed by atoms with Gasteiger partial charge in [0.25, 0.3) is 0 Å². The molecular formula is C16H15BrFNO. The summed E-state index contributed by atoms with van der Waals surface area (Å²) in [5.41, 5.74) is 2.77. The lowest BCUT2D eigenvalue weighted by Gasteiger charge is -2.24. The molecule has 1 heterocycles. The van der Waals surface area contributed by atoms with E-state index in [1.165, 1.54) is 6.07 Å². The fraction of sp³-hybridized carbons (Fsp3) is 0.250. The first-order valence-electron chi connectivity index (χ1n) is 6.58. The predicted molar refractivity (Wildman–Crippen MR) is 82.0 cm³/mol. The SMILES string of the molecule is Fc1cccc(N2CCOc3ccccc3C2)c1CBr. The zero-order chi connectivity index (χ0) is 13.9. The quantitative estimate of drug-likeness (QED) is 0.765. The number of fused-ring (bicyclic) bond motifs is 1. The van der Waals surface area contributed by atoms with E-state index >= 15 is 0 Å². The van der Waals surface area contributed by atoms with Crippen LogP contribution in [0.1, 0.15) is 11.1 Å². The van der Waals surface area contributed by atoms with E-state index in [4.69, 9.17) is 4.74 Å². The van der Waals surface area contributed by atoms with Crippen molar-refractivity contribution in [2.45, 2.75) is 11.9 Å². The van der Waals surface area contributed by atoms with Crippen molar-refractivity contribution >= 4 is 21.6 Å². The number of benzene rings is 2. The number of ether oxygens (including phenoxy) is 1. The maximum atomic E-state index is 13.9. The number of para-hydroxylation sites is 1. The number of nitrogens with zero attached hydrogens (tertiary/aromatic N) is 1. The smallest absolute Gasteiger partial charge is 0.129 e. The van der Waals surface area contributed by atoms with Crippen molar-refractivity contribution in [1.29, 1.82) is 0 Å². The molecule has 0 amide bonds. The van der Waals surface area contributed by atoms with Gasteiger partial charge in [-0.3, -0.25) is 0 Å². The lowest BCUT2D eigenvalue weighted by atomic mass is 10.1. The zero-order valence-electron chi connectivity index (χ0n) is 11.0. The zero-order valence-corrected chi connectivity index (χ0v) is 12.6. The molecule has 0 bridgehead atoms. The van der Waals surface area contributed by atoms with Gasteiger partial charge >= 0.3 is 0 Å². The van der Waals surface area contributed by atoms with E-state index < -0.39 is 0 Å². The van der Waals surface area contributed by atoms with Crippen LogP contribution in [-0.4, -0.2) is 13.2 Å². The molecule has 20 heavy (non-hydrogen) atoms. The normalized spacial score (nSPS) is 14.4. The molecule has 2 nitrogen and oxygen atoms in total. The molecule has 2 aromatic rings. The van der Waals surface area contributed by atoms with Crippen LogP contribution in [0.5, 0.6) is 5.75 Å². The molecular weight excluding hydrogens is 321 g/mol. The Morgan fingerprint density at radius 3 is 2.85 bits per heavy atom. The van der Waals surface area contributed by atoms with Crippen LogP contribution in [0, 0.1) is 5.82 Å². The fourth-order valence-corrected chi connectivity index (χ4v) is 3.06. The minimum atomic E-state index is -0.169. The van der Waals surface area contributed by atoms with Gasteiger partial charge in [0, 0.05) is 28.7 Å². The molecule has 3 rings (SSSR count). The lowest BCUT2D eigenvalue weighted by molar-refractivity contribution is 0.331. The Balaban J connectivity index is 1.98. The van der Waals surface area contributed by atoms with E-state index in [-0.39, 0.29) is 5.82 Å². The first-order chi connectivity index (χ1) is 9.79. The Hall–Kier alpha value is -1.55. The molecule has 0 saturated heterocycles. The molecule has 0 radical (unpaired) electrons. The topological polar surface area (TPSA) is 12.5 Å². The third-order valence-electron chi connectivity index (χ3n) is 3.52. The largest absolute Gasteiger partial charge is 0.491 e. The van der Waals surface area contributed by atoms with Crippen LogP contribution in [0.2, 0.25) is 0 Å². The van der Waals surface area contributed by atoms with Crippen molar-refractivity contribution in [3.05, 3.63) is 59.4 Å². The number of alkyl halides is 1. The molecule has 0 aliphatic carbocycles. The van der Waals surface area contributed by atoms with Crippen molar-refractivity contribution < 1.29 is 9.13 Å². The molecule has 1 aliphatic heterocycles. The fourth-order valence-electron chi connectivity index (χ4n) is 2.51. The van der Waals surface area contributed by atoms with Gasteiger partial charge in [0.15, 0.2) is 0 Å². The summed E-state index contributed by atoms with van der Waals surface area (Å²) in [4.78, 5) is 2.17. The van der Waals surface area contributed by atoms with Crippen LogP contribution in [0.25, 0.3) is 0 Å². The monoisotopic (exact) mass is 335 g/mol. The Kier molecular flexibility index (Phi) is 3.92. The van der Waals surface area contributed by atoms with Gasteiger partial charge in [-0.1, -0.05) is 40.2 Å². The van der Waals surface area contributed by atoms with E-state index in [1.807, 2.05) is 24.3 Å². The molecule has 1 aliphatic rings. The molecule has 0 unspecified atom stereocenters.